The zero-order valence-corrected chi connectivity index (χ0v) is 24.4. The Morgan fingerprint density at radius 2 is 1.74 bits per heavy atom. The Balaban J connectivity index is 1.32. The van der Waals surface area contributed by atoms with Crippen LogP contribution in [-0.4, -0.2) is 50.0 Å². The van der Waals surface area contributed by atoms with Gasteiger partial charge in [0.05, 0.1) is 7.11 Å². The molecule has 8 heteroatoms. The van der Waals surface area contributed by atoms with Crippen molar-refractivity contribution in [2.75, 3.05) is 27.2 Å². The van der Waals surface area contributed by atoms with E-state index in [1.54, 1.807) is 37.4 Å². The molecule has 0 saturated carbocycles. The lowest BCUT2D eigenvalue weighted by Gasteiger charge is -2.29. The van der Waals surface area contributed by atoms with Crippen molar-refractivity contribution in [2.45, 2.75) is 45.6 Å². The molecule has 0 spiro atoms. The van der Waals surface area contributed by atoms with Crippen LogP contribution < -0.4 is 19.8 Å². The largest absolute Gasteiger partial charge is 0.496 e. The highest BCUT2D eigenvalue weighted by molar-refractivity contribution is 5.86. The third kappa shape index (κ3) is 6.71. The predicted octanol–water partition coefficient (Wildman–Crippen LogP) is 5.53. The number of nitrogens with zero attached hydrogens (tertiary/aromatic N) is 1. The van der Waals surface area contributed by atoms with E-state index in [4.69, 9.17) is 18.6 Å². The molecule has 42 heavy (non-hydrogen) atoms. The lowest BCUT2D eigenvalue weighted by atomic mass is 9.97. The maximum Gasteiger partial charge on any atom is 0.339 e. The highest BCUT2D eigenvalue weighted by Crippen LogP contribution is 2.33. The molecule has 0 bridgehead atoms. The van der Waals surface area contributed by atoms with E-state index < -0.39 is 11.6 Å². The maximum atomic E-state index is 13.1. The van der Waals surface area contributed by atoms with Crippen LogP contribution in [0.5, 0.6) is 17.2 Å². The number of aryl methyl sites for hydroxylation is 1. The van der Waals surface area contributed by atoms with E-state index in [0.29, 0.717) is 22.6 Å². The molecule has 0 amide bonds. The summed E-state index contributed by atoms with van der Waals surface area (Å²) in [5.41, 5.74) is 3.37. The standard InChI is InChI=1S/C34H35NO7/c1-21-31(41-28-12-14-35(3)15-13-28)11-9-25-18-26(34(38)42-33(21)25)19-27(37)16-23-8-10-32(39-4)30(17-23)24-6-5-7-29(20-24)40-22(2)36/h5-11,17-18,20,28H,12-16,19H2,1-4H3. The van der Waals surface area contributed by atoms with E-state index in [0.717, 1.165) is 59.3 Å². The van der Waals surface area contributed by atoms with Crippen LogP contribution in [0.4, 0.5) is 0 Å². The Labute approximate surface area is 244 Å². The normalized spacial score (nSPS) is 14.1. The first-order chi connectivity index (χ1) is 20.2. The summed E-state index contributed by atoms with van der Waals surface area (Å²) in [6.45, 7) is 5.22. The van der Waals surface area contributed by atoms with Crippen LogP contribution in [0.25, 0.3) is 22.1 Å². The van der Waals surface area contributed by atoms with Crippen molar-refractivity contribution >= 4 is 22.7 Å². The lowest BCUT2D eigenvalue weighted by molar-refractivity contribution is -0.131. The van der Waals surface area contributed by atoms with E-state index in [2.05, 4.69) is 11.9 Å². The summed E-state index contributed by atoms with van der Waals surface area (Å²) >= 11 is 0. The number of hydrogen-bond donors (Lipinski definition) is 0. The van der Waals surface area contributed by atoms with Gasteiger partial charge in [-0.15, -0.1) is 0 Å². The number of benzene rings is 3. The molecular formula is C34H35NO7. The minimum atomic E-state index is -0.520. The van der Waals surface area contributed by atoms with Gasteiger partial charge >= 0.3 is 11.6 Å². The van der Waals surface area contributed by atoms with Crippen LogP contribution in [0.15, 0.2) is 69.9 Å². The van der Waals surface area contributed by atoms with Gasteiger partial charge in [-0.3, -0.25) is 9.59 Å². The van der Waals surface area contributed by atoms with Crippen LogP contribution in [0, 0.1) is 6.92 Å². The molecule has 4 aromatic rings. The second-order valence-electron chi connectivity index (χ2n) is 10.8. The molecule has 218 valence electrons. The molecule has 8 nitrogen and oxygen atoms in total. The van der Waals surface area contributed by atoms with Crippen LogP contribution >= 0.6 is 0 Å². The van der Waals surface area contributed by atoms with Gasteiger partial charge in [-0.2, -0.15) is 0 Å². The fourth-order valence-corrected chi connectivity index (χ4v) is 5.37. The molecule has 0 radical (unpaired) electrons. The van der Waals surface area contributed by atoms with E-state index in [9.17, 15) is 14.4 Å². The summed E-state index contributed by atoms with van der Waals surface area (Å²) in [5, 5.41) is 0.755. The second kappa shape index (κ2) is 12.6. The Morgan fingerprint density at radius 1 is 0.976 bits per heavy atom. The van der Waals surface area contributed by atoms with Crippen molar-refractivity contribution in [1.29, 1.82) is 0 Å². The number of ether oxygens (including phenoxy) is 3. The van der Waals surface area contributed by atoms with Crippen LogP contribution in [-0.2, 0) is 22.4 Å². The molecule has 0 N–H and O–H groups in total. The first-order valence-electron chi connectivity index (χ1n) is 14.1. The number of Topliss-reactive ketones (excluding diaryl/α,β-unsaturated/α-hetero) is 1. The number of carbonyl (C=O) groups is 2. The number of carbonyl (C=O) groups excluding carboxylic acids is 2. The third-order valence-corrected chi connectivity index (χ3v) is 7.59. The number of hydrogen-bond acceptors (Lipinski definition) is 8. The first-order valence-corrected chi connectivity index (χ1v) is 14.1. The summed E-state index contributed by atoms with van der Waals surface area (Å²) in [5.74, 6) is 1.23. The van der Waals surface area contributed by atoms with Crippen molar-refractivity contribution in [3.05, 3.63) is 87.8 Å². The Bertz CT molecular complexity index is 1680. The van der Waals surface area contributed by atoms with E-state index in [1.807, 2.05) is 37.3 Å². The monoisotopic (exact) mass is 569 g/mol. The molecule has 0 aliphatic carbocycles. The van der Waals surface area contributed by atoms with E-state index in [1.165, 1.54) is 6.92 Å². The number of esters is 1. The van der Waals surface area contributed by atoms with Gasteiger partial charge < -0.3 is 23.5 Å². The maximum absolute atomic E-state index is 13.1. The van der Waals surface area contributed by atoms with Gasteiger partial charge in [-0.25, -0.2) is 4.79 Å². The molecule has 1 fully saturated rings. The highest BCUT2D eigenvalue weighted by Gasteiger charge is 2.20. The Morgan fingerprint density at radius 3 is 2.48 bits per heavy atom. The molecule has 0 unspecified atom stereocenters. The Hall–Kier alpha value is -4.43. The topological polar surface area (TPSA) is 95.3 Å². The predicted molar refractivity (Wildman–Crippen MR) is 161 cm³/mol. The first kappa shape index (κ1) is 29.1. The zero-order valence-electron chi connectivity index (χ0n) is 24.4. The van der Waals surface area contributed by atoms with Gasteiger partial charge in [-0.1, -0.05) is 18.2 Å². The van der Waals surface area contributed by atoms with Gasteiger partial charge in [0.2, 0.25) is 0 Å². The van der Waals surface area contributed by atoms with E-state index in [-0.39, 0.29) is 24.7 Å². The molecule has 5 rings (SSSR count). The molecule has 1 aromatic heterocycles. The SMILES string of the molecule is COc1ccc(CC(=O)Cc2cc3ccc(OC4CCN(C)CC4)c(C)c3oc2=O)cc1-c1cccc(OC(C)=O)c1. The average Bonchev–Trinajstić information content (AvgIpc) is 2.96. The summed E-state index contributed by atoms with van der Waals surface area (Å²) < 4.78 is 22.7. The van der Waals surface area contributed by atoms with Gasteiger partial charge in [0.15, 0.2) is 0 Å². The molecular weight excluding hydrogens is 534 g/mol. The highest BCUT2D eigenvalue weighted by atomic mass is 16.5. The summed E-state index contributed by atoms with van der Waals surface area (Å²) in [6.07, 6.45) is 2.12. The van der Waals surface area contributed by atoms with Gasteiger partial charge in [0.1, 0.15) is 34.7 Å². The summed E-state index contributed by atoms with van der Waals surface area (Å²) in [6, 6.07) is 18.1. The third-order valence-electron chi connectivity index (χ3n) is 7.59. The quantitative estimate of drug-likeness (QED) is 0.148. The van der Waals surface area contributed by atoms with E-state index >= 15 is 0 Å². The summed E-state index contributed by atoms with van der Waals surface area (Å²) in [7, 11) is 3.68. The lowest BCUT2D eigenvalue weighted by Crippen LogP contribution is -2.35. The number of likely N-dealkylation sites (tertiary alicyclic amines) is 1. The smallest absolute Gasteiger partial charge is 0.339 e. The minimum Gasteiger partial charge on any atom is -0.496 e. The van der Waals surface area contributed by atoms with Crippen LogP contribution in [0.1, 0.15) is 36.5 Å². The van der Waals surface area contributed by atoms with Crippen LogP contribution in [0.2, 0.25) is 0 Å². The van der Waals surface area contributed by atoms with Crippen LogP contribution in [0.3, 0.4) is 0 Å². The fourth-order valence-electron chi connectivity index (χ4n) is 5.37. The van der Waals surface area contributed by atoms with Gasteiger partial charge in [0.25, 0.3) is 0 Å². The van der Waals surface area contributed by atoms with Gasteiger partial charge in [0, 0.05) is 54.9 Å². The number of piperidine rings is 1. The summed E-state index contributed by atoms with van der Waals surface area (Å²) in [4.78, 5) is 39.7. The zero-order chi connectivity index (χ0) is 29.8. The average molecular weight is 570 g/mol. The molecule has 1 aliphatic rings. The molecule has 3 aromatic carbocycles. The van der Waals surface area contributed by atoms with Crippen molar-refractivity contribution in [2.24, 2.45) is 0 Å². The number of fused-ring (bicyclic) bond motifs is 1. The van der Waals surface area contributed by atoms with Crippen molar-refractivity contribution in [3.63, 3.8) is 0 Å². The minimum absolute atomic E-state index is 0.0472. The number of methoxy groups -OCH3 is 1. The number of ketones is 1. The van der Waals surface area contributed by atoms with Gasteiger partial charge in [-0.05, 0) is 80.4 Å². The second-order valence-corrected chi connectivity index (χ2v) is 10.8. The molecule has 2 heterocycles. The fraction of sp³-hybridized carbons (Fsp3) is 0.324. The molecule has 1 saturated heterocycles. The van der Waals surface area contributed by atoms with Crippen molar-refractivity contribution in [3.8, 4) is 28.4 Å². The Kier molecular flexibility index (Phi) is 8.73. The molecule has 1 aliphatic heterocycles. The number of rotatable bonds is 9. The van der Waals surface area contributed by atoms with Crippen molar-refractivity contribution < 1.29 is 28.2 Å². The van der Waals surface area contributed by atoms with Crippen molar-refractivity contribution in [1.82, 2.24) is 4.90 Å². The molecule has 0 atom stereocenters.